The summed E-state index contributed by atoms with van der Waals surface area (Å²) in [6.45, 7) is 10.9. The molecule has 0 bridgehead atoms. The van der Waals surface area contributed by atoms with Gasteiger partial charge < -0.3 is 29.7 Å². The number of aryl methyl sites for hydroxylation is 2. The Balaban J connectivity index is 1.85. The second-order valence-electron chi connectivity index (χ2n) is 10.7. The molecule has 0 radical (unpaired) electrons. The Morgan fingerprint density at radius 3 is 2.35 bits per heavy atom. The molecule has 3 rings (SSSR count). The second-order valence-corrected chi connectivity index (χ2v) is 10.7. The van der Waals surface area contributed by atoms with E-state index < -0.39 is 6.03 Å². The number of anilines is 2. The lowest BCUT2D eigenvalue weighted by atomic mass is 9.92. The number of urea groups is 1. The van der Waals surface area contributed by atoms with E-state index in [9.17, 15) is 9.59 Å². The lowest BCUT2D eigenvalue weighted by molar-refractivity contribution is -0.116. The van der Waals surface area contributed by atoms with E-state index in [1.807, 2.05) is 32.0 Å². The highest BCUT2D eigenvalue weighted by Crippen LogP contribution is 2.30. The maximum absolute atomic E-state index is 13.4. The van der Waals surface area contributed by atoms with Crippen molar-refractivity contribution >= 4 is 23.4 Å². The van der Waals surface area contributed by atoms with Gasteiger partial charge >= 0.3 is 6.03 Å². The van der Waals surface area contributed by atoms with Crippen LogP contribution in [0.5, 0.6) is 11.5 Å². The Kier molecular flexibility index (Phi) is 10.2. The maximum Gasteiger partial charge on any atom is 0.322 e. The first-order valence-electron chi connectivity index (χ1n) is 13.2. The number of nitrogens with one attached hydrogen (secondary N) is 2. The molecule has 10 heteroatoms. The molecule has 0 saturated heterocycles. The molecule has 3 aromatic rings. The Morgan fingerprint density at radius 2 is 1.73 bits per heavy atom. The van der Waals surface area contributed by atoms with Crippen molar-refractivity contribution in [3.05, 3.63) is 59.3 Å². The standard InChI is InChI=1S/C30H41N5O5/c1-20-10-13-24(21(2)16-20)35-27(18-26(33-35)30(3,4)5)32-28(36)19-34(14-9-15-38-6)29(37)31-23-12-11-22(39-7)17-25(23)40-8/h10-13,16-18H,9,14-15,19H2,1-8H3,(H,31,37)(H,32,36). The van der Waals surface area contributed by atoms with Gasteiger partial charge in [0.15, 0.2) is 0 Å². The molecule has 1 aromatic heterocycles. The third-order valence-electron chi connectivity index (χ3n) is 6.37. The monoisotopic (exact) mass is 551 g/mol. The van der Waals surface area contributed by atoms with E-state index in [0.29, 0.717) is 42.6 Å². The number of amides is 3. The minimum atomic E-state index is -0.437. The predicted octanol–water partition coefficient (Wildman–Crippen LogP) is 5.31. The van der Waals surface area contributed by atoms with Crippen LogP contribution in [-0.4, -0.2) is 67.6 Å². The number of methoxy groups -OCH3 is 3. The van der Waals surface area contributed by atoms with Crippen LogP contribution in [-0.2, 0) is 14.9 Å². The van der Waals surface area contributed by atoms with Crippen LogP contribution in [0.1, 0.15) is 44.0 Å². The molecule has 2 N–H and O–H groups in total. The molecule has 0 aliphatic heterocycles. The fourth-order valence-electron chi connectivity index (χ4n) is 4.17. The van der Waals surface area contributed by atoms with Crippen molar-refractivity contribution in [2.45, 2.75) is 46.5 Å². The molecule has 0 fully saturated rings. The zero-order valence-electron chi connectivity index (χ0n) is 24.8. The Bertz CT molecular complexity index is 1330. The summed E-state index contributed by atoms with van der Waals surface area (Å²) in [7, 11) is 4.67. The molecule has 0 atom stereocenters. The minimum absolute atomic E-state index is 0.170. The van der Waals surface area contributed by atoms with E-state index in [1.54, 1.807) is 37.1 Å². The fourth-order valence-corrected chi connectivity index (χ4v) is 4.17. The van der Waals surface area contributed by atoms with Crippen LogP contribution in [0.3, 0.4) is 0 Å². The van der Waals surface area contributed by atoms with Crippen LogP contribution < -0.4 is 20.1 Å². The van der Waals surface area contributed by atoms with E-state index in [0.717, 1.165) is 22.5 Å². The van der Waals surface area contributed by atoms with E-state index in [-0.39, 0.29) is 17.9 Å². The normalized spacial score (nSPS) is 11.2. The molecule has 1 heterocycles. The van der Waals surface area contributed by atoms with Crippen LogP contribution >= 0.6 is 0 Å². The summed E-state index contributed by atoms with van der Waals surface area (Å²) in [6, 6.07) is 12.6. The van der Waals surface area contributed by atoms with Crippen molar-refractivity contribution in [1.29, 1.82) is 0 Å². The molecule has 0 aliphatic carbocycles. The summed E-state index contributed by atoms with van der Waals surface area (Å²) < 4.78 is 17.6. The average molecular weight is 552 g/mol. The van der Waals surface area contributed by atoms with Gasteiger partial charge in [0.05, 0.1) is 31.3 Å². The number of carbonyl (C=O) groups excluding carboxylic acids is 2. The van der Waals surface area contributed by atoms with Gasteiger partial charge in [-0.1, -0.05) is 38.5 Å². The molecule has 0 saturated carbocycles. The van der Waals surface area contributed by atoms with Gasteiger partial charge in [-0.15, -0.1) is 0 Å². The summed E-state index contributed by atoms with van der Waals surface area (Å²) >= 11 is 0. The molecule has 3 amide bonds. The topological polar surface area (TPSA) is 107 Å². The molecule has 10 nitrogen and oxygen atoms in total. The second kappa shape index (κ2) is 13.3. The van der Waals surface area contributed by atoms with Crippen LogP contribution in [0.15, 0.2) is 42.5 Å². The van der Waals surface area contributed by atoms with Crippen molar-refractivity contribution in [2.75, 3.05) is 51.7 Å². The van der Waals surface area contributed by atoms with Crippen molar-refractivity contribution in [2.24, 2.45) is 0 Å². The first kappa shape index (κ1) is 30.5. The van der Waals surface area contributed by atoms with Crippen molar-refractivity contribution in [3.8, 4) is 17.2 Å². The van der Waals surface area contributed by atoms with E-state index in [1.165, 1.54) is 12.0 Å². The number of rotatable bonds is 11. The molecular weight excluding hydrogens is 510 g/mol. The zero-order valence-corrected chi connectivity index (χ0v) is 24.8. The average Bonchev–Trinajstić information content (AvgIpc) is 3.32. The smallest absolute Gasteiger partial charge is 0.322 e. The van der Waals surface area contributed by atoms with E-state index in [4.69, 9.17) is 19.3 Å². The quantitative estimate of drug-likeness (QED) is 0.313. The lowest BCUT2D eigenvalue weighted by Gasteiger charge is -2.23. The molecule has 216 valence electrons. The third-order valence-corrected chi connectivity index (χ3v) is 6.37. The van der Waals surface area contributed by atoms with Gasteiger partial charge in [-0.05, 0) is 44.0 Å². The third kappa shape index (κ3) is 7.75. The summed E-state index contributed by atoms with van der Waals surface area (Å²) in [5.41, 5.74) is 4.12. The van der Waals surface area contributed by atoms with E-state index in [2.05, 4.69) is 37.5 Å². The highest BCUT2D eigenvalue weighted by atomic mass is 16.5. The highest BCUT2D eigenvalue weighted by Gasteiger charge is 2.24. The zero-order chi connectivity index (χ0) is 29.4. The van der Waals surface area contributed by atoms with Crippen LogP contribution in [0.2, 0.25) is 0 Å². The fraction of sp³-hybridized carbons (Fsp3) is 0.433. The van der Waals surface area contributed by atoms with Gasteiger partial charge in [0, 0.05) is 37.8 Å². The molecule has 2 aromatic carbocycles. The van der Waals surface area contributed by atoms with Gasteiger partial charge in [-0.3, -0.25) is 4.79 Å². The molecule has 40 heavy (non-hydrogen) atoms. The van der Waals surface area contributed by atoms with Crippen LogP contribution in [0, 0.1) is 13.8 Å². The number of benzene rings is 2. The summed E-state index contributed by atoms with van der Waals surface area (Å²) in [6.07, 6.45) is 0.561. The first-order chi connectivity index (χ1) is 19.0. The molecule has 0 spiro atoms. The van der Waals surface area contributed by atoms with Crippen LogP contribution in [0.25, 0.3) is 5.69 Å². The SMILES string of the molecule is COCCCN(CC(=O)Nc1cc(C(C)(C)C)nn1-c1ccc(C)cc1C)C(=O)Nc1ccc(OC)cc1OC. The van der Waals surface area contributed by atoms with Gasteiger partial charge in [-0.2, -0.15) is 5.10 Å². The lowest BCUT2D eigenvalue weighted by Crippen LogP contribution is -2.41. The Morgan fingerprint density at radius 1 is 0.975 bits per heavy atom. The number of ether oxygens (including phenoxy) is 3. The molecular formula is C30H41N5O5. The summed E-state index contributed by atoms with van der Waals surface area (Å²) in [5.74, 6) is 1.24. The molecule has 0 unspecified atom stereocenters. The van der Waals surface area contributed by atoms with E-state index >= 15 is 0 Å². The number of hydrogen-bond donors (Lipinski definition) is 2. The Labute approximate surface area is 236 Å². The molecule has 0 aliphatic rings. The van der Waals surface area contributed by atoms with Gasteiger partial charge in [0.25, 0.3) is 0 Å². The number of aromatic nitrogens is 2. The van der Waals surface area contributed by atoms with Crippen molar-refractivity contribution in [1.82, 2.24) is 14.7 Å². The van der Waals surface area contributed by atoms with Gasteiger partial charge in [-0.25, -0.2) is 9.48 Å². The number of carbonyl (C=O) groups is 2. The highest BCUT2D eigenvalue weighted by molar-refractivity contribution is 5.97. The van der Waals surface area contributed by atoms with Crippen molar-refractivity contribution in [3.63, 3.8) is 0 Å². The van der Waals surface area contributed by atoms with Crippen molar-refractivity contribution < 1.29 is 23.8 Å². The maximum atomic E-state index is 13.4. The number of hydrogen-bond acceptors (Lipinski definition) is 6. The minimum Gasteiger partial charge on any atom is -0.497 e. The first-order valence-corrected chi connectivity index (χ1v) is 13.2. The van der Waals surface area contributed by atoms with Crippen LogP contribution in [0.4, 0.5) is 16.3 Å². The Hall–Kier alpha value is -4.05. The number of nitrogens with zero attached hydrogens (tertiary/aromatic N) is 3. The van der Waals surface area contributed by atoms with Gasteiger partial charge in [0.1, 0.15) is 23.9 Å². The summed E-state index contributed by atoms with van der Waals surface area (Å²) in [4.78, 5) is 28.1. The predicted molar refractivity (Wildman–Crippen MR) is 157 cm³/mol. The van der Waals surface area contributed by atoms with Gasteiger partial charge in [0.2, 0.25) is 5.91 Å². The summed E-state index contributed by atoms with van der Waals surface area (Å²) in [5, 5.41) is 10.7. The largest absolute Gasteiger partial charge is 0.497 e.